The summed E-state index contributed by atoms with van der Waals surface area (Å²) >= 11 is 0. The van der Waals surface area contributed by atoms with Gasteiger partial charge in [-0.15, -0.1) is 0 Å². The summed E-state index contributed by atoms with van der Waals surface area (Å²) in [5, 5.41) is 70.8. The first kappa shape index (κ1) is 23.5. The van der Waals surface area contributed by atoms with Crippen LogP contribution >= 0.6 is 0 Å². The first-order valence-corrected chi connectivity index (χ1v) is 10.3. The molecule has 33 heavy (non-hydrogen) atoms. The Balaban J connectivity index is 1.69. The summed E-state index contributed by atoms with van der Waals surface area (Å²) in [7, 11) is 1.50. The fourth-order valence-electron chi connectivity index (χ4n) is 4.08. The lowest BCUT2D eigenvalue weighted by Gasteiger charge is -2.39. The van der Waals surface area contributed by atoms with Gasteiger partial charge in [0.1, 0.15) is 59.6 Å². The molecule has 8 atom stereocenters. The highest BCUT2D eigenvalue weighted by molar-refractivity contribution is 5.53. The molecule has 4 unspecified atom stereocenters. The summed E-state index contributed by atoms with van der Waals surface area (Å²) in [6, 6.07) is 8.93. The average molecular weight is 466 g/mol. The maximum atomic E-state index is 11.1. The summed E-state index contributed by atoms with van der Waals surface area (Å²) in [5.41, 5.74) is 0.496. The predicted octanol–water partition coefficient (Wildman–Crippen LogP) is -0.541. The Labute approximate surface area is 188 Å². The molecule has 0 saturated carbocycles. The molecule has 0 spiro atoms. The molecular formula is C22H26O11. The van der Waals surface area contributed by atoms with Gasteiger partial charge < -0.3 is 54.7 Å². The highest BCUT2D eigenvalue weighted by Crippen LogP contribution is 2.48. The van der Waals surface area contributed by atoms with E-state index in [1.165, 1.54) is 13.2 Å². The number of benzene rings is 2. The molecule has 0 bridgehead atoms. The number of methoxy groups -OCH3 is 1. The first-order valence-electron chi connectivity index (χ1n) is 10.3. The van der Waals surface area contributed by atoms with Gasteiger partial charge in [-0.05, 0) is 17.7 Å². The minimum absolute atomic E-state index is 0.0298. The molecule has 7 N–H and O–H groups in total. The van der Waals surface area contributed by atoms with Crippen molar-refractivity contribution in [2.75, 3.05) is 13.7 Å². The molecule has 2 aromatic carbocycles. The Morgan fingerprint density at radius 2 is 1.73 bits per heavy atom. The third kappa shape index (κ3) is 4.32. The van der Waals surface area contributed by atoms with Crippen LogP contribution in [0.15, 0.2) is 36.4 Å². The summed E-state index contributed by atoms with van der Waals surface area (Å²) in [6.07, 6.45) is -11.2. The summed E-state index contributed by atoms with van der Waals surface area (Å²) in [4.78, 5) is 0. The molecule has 180 valence electrons. The van der Waals surface area contributed by atoms with Crippen molar-refractivity contribution in [2.24, 2.45) is 0 Å². The van der Waals surface area contributed by atoms with Gasteiger partial charge in [-0.2, -0.15) is 0 Å². The van der Waals surface area contributed by atoms with Crippen molar-refractivity contribution in [3.63, 3.8) is 0 Å². The van der Waals surface area contributed by atoms with Gasteiger partial charge in [0, 0.05) is 12.1 Å². The van der Waals surface area contributed by atoms with E-state index >= 15 is 0 Å². The van der Waals surface area contributed by atoms with Crippen LogP contribution in [0.25, 0.3) is 0 Å². The summed E-state index contributed by atoms with van der Waals surface area (Å²) < 4.78 is 22.4. The van der Waals surface area contributed by atoms with E-state index in [0.717, 1.165) is 6.07 Å². The number of rotatable bonds is 6. The Morgan fingerprint density at radius 1 is 1.03 bits per heavy atom. The van der Waals surface area contributed by atoms with E-state index in [0.29, 0.717) is 11.3 Å². The first-order chi connectivity index (χ1) is 15.7. The van der Waals surface area contributed by atoms with Gasteiger partial charge in [0.15, 0.2) is 12.4 Å². The molecule has 1 fully saturated rings. The van der Waals surface area contributed by atoms with E-state index in [4.69, 9.17) is 24.1 Å². The smallest absolute Gasteiger partial charge is 0.187 e. The van der Waals surface area contributed by atoms with Crippen molar-refractivity contribution in [3.05, 3.63) is 47.5 Å². The molecule has 0 amide bonds. The Hall–Kier alpha value is -2.64. The zero-order valence-corrected chi connectivity index (χ0v) is 17.6. The second-order valence-electron chi connectivity index (χ2n) is 7.93. The Bertz CT molecular complexity index is 966. The molecule has 2 aliphatic rings. The van der Waals surface area contributed by atoms with Crippen LogP contribution in [0, 0.1) is 0 Å². The molecule has 2 aliphatic heterocycles. The molecule has 0 radical (unpaired) electrons. The van der Waals surface area contributed by atoms with Crippen LogP contribution in [0.4, 0.5) is 0 Å². The van der Waals surface area contributed by atoms with Crippen molar-refractivity contribution in [2.45, 2.75) is 49.0 Å². The van der Waals surface area contributed by atoms with Crippen molar-refractivity contribution in [1.29, 1.82) is 0 Å². The lowest BCUT2D eigenvalue weighted by atomic mass is 9.91. The predicted molar refractivity (Wildman–Crippen MR) is 110 cm³/mol. The van der Waals surface area contributed by atoms with E-state index in [2.05, 4.69) is 0 Å². The highest BCUT2D eigenvalue weighted by atomic mass is 16.7. The number of ether oxygens (including phenoxy) is 4. The number of phenolic OH excluding ortho intramolecular Hbond substituents is 2. The summed E-state index contributed by atoms with van der Waals surface area (Å²) in [5.74, 6) is -0.102. The van der Waals surface area contributed by atoms with Gasteiger partial charge in [-0.1, -0.05) is 12.1 Å². The van der Waals surface area contributed by atoms with E-state index in [1.807, 2.05) is 0 Å². The Kier molecular flexibility index (Phi) is 6.64. The fourth-order valence-corrected chi connectivity index (χ4v) is 4.08. The van der Waals surface area contributed by atoms with Crippen molar-refractivity contribution in [1.82, 2.24) is 0 Å². The van der Waals surface area contributed by atoms with Gasteiger partial charge in [0.25, 0.3) is 0 Å². The molecule has 1 saturated heterocycles. The minimum atomic E-state index is -1.60. The van der Waals surface area contributed by atoms with Gasteiger partial charge in [-0.3, -0.25) is 0 Å². The molecule has 2 aromatic rings. The highest BCUT2D eigenvalue weighted by Gasteiger charge is 2.50. The second kappa shape index (κ2) is 9.31. The third-order valence-corrected chi connectivity index (χ3v) is 5.82. The molecule has 11 nitrogen and oxygen atoms in total. The van der Waals surface area contributed by atoms with Gasteiger partial charge >= 0.3 is 0 Å². The van der Waals surface area contributed by atoms with E-state index in [1.54, 1.807) is 24.3 Å². The minimum Gasteiger partial charge on any atom is -0.508 e. The Morgan fingerprint density at radius 3 is 2.36 bits per heavy atom. The molecular weight excluding hydrogens is 440 g/mol. The van der Waals surface area contributed by atoms with E-state index in [-0.39, 0.29) is 17.1 Å². The van der Waals surface area contributed by atoms with Crippen molar-refractivity contribution in [3.8, 4) is 23.0 Å². The lowest BCUT2D eigenvalue weighted by Crippen LogP contribution is -2.43. The maximum absolute atomic E-state index is 11.1. The van der Waals surface area contributed by atoms with Crippen LogP contribution in [0.2, 0.25) is 0 Å². The monoisotopic (exact) mass is 466 g/mol. The molecule has 2 heterocycles. The average Bonchev–Trinajstić information content (AvgIpc) is 3.08. The van der Waals surface area contributed by atoms with Gasteiger partial charge in [0.05, 0.1) is 19.3 Å². The van der Waals surface area contributed by atoms with Gasteiger partial charge in [0.2, 0.25) is 0 Å². The molecule has 4 rings (SSSR count). The topological polar surface area (TPSA) is 179 Å². The SMILES string of the molecule is COc1ccc(C2Oc3cc(O)cc(O)c3C(O)C2O[C@H]2O[C@@H](C(O)CO)[C@@H](O)[C@@H]2O)cc1. The number of phenols is 2. The van der Waals surface area contributed by atoms with Crippen molar-refractivity contribution < 1.29 is 54.7 Å². The number of aromatic hydroxyl groups is 2. The van der Waals surface area contributed by atoms with E-state index in [9.17, 15) is 30.6 Å². The standard InChI is InChI=1S/C22H26O11/c1-30-11-4-2-9(3-5-11)19-21(16(27)15-12(25)6-10(24)7-14(15)31-19)33-22-18(29)17(28)20(32-22)13(26)8-23/h2-7,13,16-29H,8H2,1H3/t13?,16?,17-,18-,19?,20-,21?,22+/m0/s1. The normalized spacial score (nSPS) is 32.1. The van der Waals surface area contributed by atoms with Crippen molar-refractivity contribution >= 4 is 0 Å². The fraction of sp³-hybridized carbons (Fsp3) is 0.455. The van der Waals surface area contributed by atoms with Crippen LogP contribution in [0.1, 0.15) is 23.3 Å². The van der Waals surface area contributed by atoms with Crippen LogP contribution in [0.5, 0.6) is 23.0 Å². The third-order valence-electron chi connectivity index (χ3n) is 5.82. The summed E-state index contributed by atoms with van der Waals surface area (Å²) in [6.45, 7) is -0.713. The zero-order chi connectivity index (χ0) is 23.9. The van der Waals surface area contributed by atoms with Crippen LogP contribution < -0.4 is 9.47 Å². The number of aliphatic hydroxyl groups is 5. The zero-order valence-electron chi connectivity index (χ0n) is 17.6. The lowest BCUT2D eigenvalue weighted by molar-refractivity contribution is -0.239. The van der Waals surface area contributed by atoms with Crippen LogP contribution in [0.3, 0.4) is 0 Å². The van der Waals surface area contributed by atoms with Gasteiger partial charge in [-0.25, -0.2) is 0 Å². The molecule has 11 heteroatoms. The van der Waals surface area contributed by atoms with Crippen LogP contribution in [-0.4, -0.2) is 86.3 Å². The second-order valence-corrected chi connectivity index (χ2v) is 7.93. The van der Waals surface area contributed by atoms with E-state index < -0.39 is 61.4 Å². The number of hydrogen-bond donors (Lipinski definition) is 7. The maximum Gasteiger partial charge on any atom is 0.187 e. The quantitative estimate of drug-likeness (QED) is 0.291. The molecule has 0 aliphatic carbocycles. The number of aliphatic hydroxyl groups excluding tert-OH is 5. The number of hydrogen-bond acceptors (Lipinski definition) is 11. The number of fused-ring (bicyclic) bond motifs is 1. The molecule has 0 aromatic heterocycles. The largest absolute Gasteiger partial charge is 0.508 e. The van der Waals surface area contributed by atoms with Crippen LogP contribution in [-0.2, 0) is 9.47 Å².